The summed E-state index contributed by atoms with van der Waals surface area (Å²) in [4.78, 5) is 23.7. The Morgan fingerprint density at radius 3 is 2.24 bits per heavy atom. The summed E-state index contributed by atoms with van der Waals surface area (Å²) in [5.41, 5.74) is 0.441. The van der Waals surface area contributed by atoms with Crippen LogP contribution in [0.5, 0.6) is 0 Å². The summed E-state index contributed by atoms with van der Waals surface area (Å²) >= 11 is 0. The topological polar surface area (TPSA) is 57.6 Å². The summed E-state index contributed by atoms with van der Waals surface area (Å²) in [6.45, 7) is 1.30. The van der Waals surface area contributed by atoms with Crippen molar-refractivity contribution in [2.75, 3.05) is 13.1 Å². The molecule has 1 aliphatic heterocycles. The van der Waals surface area contributed by atoms with E-state index >= 15 is 0 Å². The minimum Gasteiger partial charge on any atom is -0.465 e. The largest absolute Gasteiger partial charge is 0.465 e. The maximum atomic E-state index is 12.5. The Labute approximate surface area is 118 Å². The highest BCUT2D eigenvalue weighted by Gasteiger charge is 2.31. The van der Waals surface area contributed by atoms with Gasteiger partial charge in [-0.05, 0) is 35.8 Å². The number of benzene rings is 1. The number of alkyl halides is 3. The SMILES string of the molecule is CC1=C(c2ccc(C(F)(F)F)cc2)CN(C(=O)O)CC1=O. The molecule has 0 aliphatic carbocycles. The number of hydrogen-bond donors (Lipinski definition) is 1. The molecule has 1 aromatic rings. The van der Waals surface area contributed by atoms with Crippen LogP contribution in [0, 0.1) is 0 Å². The number of carbonyl (C=O) groups is 2. The minimum absolute atomic E-state index is 0.0156. The van der Waals surface area contributed by atoms with Crippen LogP contribution in [-0.2, 0) is 11.0 Å². The molecule has 7 heteroatoms. The monoisotopic (exact) mass is 299 g/mol. The molecule has 0 fully saturated rings. The zero-order valence-electron chi connectivity index (χ0n) is 11.1. The zero-order valence-corrected chi connectivity index (χ0v) is 11.1. The number of Topliss-reactive ketones (excluding diaryl/α,β-unsaturated/α-hetero) is 1. The van der Waals surface area contributed by atoms with Crippen molar-refractivity contribution in [2.24, 2.45) is 0 Å². The number of hydrogen-bond acceptors (Lipinski definition) is 2. The Morgan fingerprint density at radius 2 is 1.76 bits per heavy atom. The third kappa shape index (κ3) is 3.07. The van der Waals surface area contributed by atoms with Gasteiger partial charge in [-0.15, -0.1) is 0 Å². The van der Waals surface area contributed by atoms with Gasteiger partial charge in [0.25, 0.3) is 0 Å². The van der Waals surface area contributed by atoms with Crippen molar-refractivity contribution in [3.8, 4) is 0 Å². The molecule has 1 aromatic carbocycles. The molecule has 112 valence electrons. The van der Waals surface area contributed by atoms with Crippen LogP contribution in [0.3, 0.4) is 0 Å². The maximum absolute atomic E-state index is 12.5. The van der Waals surface area contributed by atoms with Gasteiger partial charge in [-0.1, -0.05) is 12.1 Å². The second-order valence-corrected chi connectivity index (χ2v) is 4.74. The standard InChI is InChI=1S/C14H12F3NO3/c1-8-11(6-18(13(20)21)7-12(8)19)9-2-4-10(5-3-9)14(15,16)17/h2-5H,6-7H2,1H3,(H,20,21). The molecule has 0 radical (unpaired) electrons. The summed E-state index contributed by atoms with van der Waals surface area (Å²) in [5.74, 6) is -0.349. The van der Waals surface area contributed by atoms with Crippen molar-refractivity contribution in [1.29, 1.82) is 0 Å². The predicted molar refractivity (Wildman–Crippen MR) is 68.6 cm³/mol. The first-order valence-corrected chi connectivity index (χ1v) is 6.08. The first-order valence-electron chi connectivity index (χ1n) is 6.08. The van der Waals surface area contributed by atoms with Gasteiger partial charge in [0.05, 0.1) is 18.7 Å². The highest BCUT2D eigenvalue weighted by atomic mass is 19.4. The molecule has 2 rings (SSSR count). The lowest BCUT2D eigenvalue weighted by molar-refractivity contribution is -0.137. The van der Waals surface area contributed by atoms with E-state index in [0.29, 0.717) is 16.7 Å². The van der Waals surface area contributed by atoms with Gasteiger partial charge in [0, 0.05) is 0 Å². The van der Waals surface area contributed by atoms with Gasteiger partial charge < -0.3 is 5.11 Å². The van der Waals surface area contributed by atoms with Crippen molar-refractivity contribution in [3.63, 3.8) is 0 Å². The number of carboxylic acid groups (broad SMARTS) is 1. The molecule has 0 bridgehead atoms. The number of rotatable bonds is 1. The summed E-state index contributed by atoms with van der Waals surface area (Å²) in [7, 11) is 0. The third-order valence-corrected chi connectivity index (χ3v) is 3.39. The Kier molecular flexibility index (Phi) is 3.76. The van der Waals surface area contributed by atoms with Crippen molar-refractivity contribution >= 4 is 17.4 Å². The van der Waals surface area contributed by atoms with Gasteiger partial charge in [0.2, 0.25) is 0 Å². The zero-order chi connectivity index (χ0) is 15.8. The van der Waals surface area contributed by atoms with Crippen molar-refractivity contribution in [2.45, 2.75) is 13.1 Å². The van der Waals surface area contributed by atoms with E-state index in [9.17, 15) is 22.8 Å². The molecule has 4 nitrogen and oxygen atoms in total. The van der Waals surface area contributed by atoms with Crippen LogP contribution in [0.2, 0.25) is 0 Å². The molecular formula is C14H12F3NO3. The predicted octanol–water partition coefficient (Wildman–Crippen LogP) is 3.04. The Balaban J connectivity index is 2.37. The van der Waals surface area contributed by atoms with E-state index in [2.05, 4.69) is 0 Å². The van der Waals surface area contributed by atoms with E-state index in [1.54, 1.807) is 6.92 Å². The molecule has 0 saturated heterocycles. The summed E-state index contributed by atoms with van der Waals surface area (Å²) < 4.78 is 37.5. The summed E-state index contributed by atoms with van der Waals surface area (Å²) in [6.07, 6.45) is -5.67. The lowest BCUT2D eigenvalue weighted by Crippen LogP contribution is -2.40. The van der Waals surface area contributed by atoms with Crippen LogP contribution in [0.25, 0.3) is 5.57 Å². The van der Waals surface area contributed by atoms with E-state index in [4.69, 9.17) is 5.11 Å². The fraction of sp³-hybridized carbons (Fsp3) is 0.286. The average molecular weight is 299 g/mol. The molecule has 1 aliphatic rings. The smallest absolute Gasteiger partial charge is 0.416 e. The normalized spacial score (nSPS) is 16.4. The van der Waals surface area contributed by atoms with E-state index in [0.717, 1.165) is 17.0 Å². The molecule has 0 atom stereocenters. The molecule has 1 N–H and O–H groups in total. The van der Waals surface area contributed by atoms with Gasteiger partial charge in [0.15, 0.2) is 5.78 Å². The van der Waals surface area contributed by atoms with Gasteiger partial charge in [-0.3, -0.25) is 9.69 Å². The van der Waals surface area contributed by atoms with Gasteiger partial charge in [-0.2, -0.15) is 13.2 Å². The lowest BCUT2D eigenvalue weighted by Gasteiger charge is -2.27. The minimum atomic E-state index is -4.43. The fourth-order valence-electron chi connectivity index (χ4n) is 2.13. The van der Waals surface area contributed by atoms with Crippen LogP contribution in [0.15, 0.2) is 29.8 Å². The Hall–Kier alpha value is -2.31. The van der Waals surface area contributed by atoms with Gasteiger partial charge in [-0.25, -0.2) is 4.79 Å². The van der Waals surface area contributed by atoms with Crippen molar-refractivity contribution in [1.82, 2.24) is 4.90 Å². The number of amides is 1. The summed E-state index contributed by atoms with van der Waals surface area (Å²) in [6, 6.07) is 4.33. The average Bonchev–Trinajstić information content (AvgIpc) is 2.40. The van der Waals surface area contributed by atoms with Crippen molar-refractivity contribution in [3.05, 3.63) is 41.0 Å². The second-order valence-electron chi connectivity index (χ2n) is 4.74. The number of carbonyl (C=O) groups excluding carboxylic acids is 1. The third-order valence-electron chi connectivity index (χ3n) is 3.39. The number of ketones is 1. The van der Waals surface area contributed by atoms with Crippen LogP contribution in [0.1, 0.15) is 18.1 Å². The molecule has 21 heavy (non-hydrogen) atoms. The molecular weight excluding hydrogens is 287 g/mol. The van der Waals surface area contributed by atoms with Crippen LogP contribution < -0.4 is 0 Å². The first kappa shape index (κ1) is 15.1. The highest BCUT2D eigenvalue weighted by Crippen LogP contribution is 2.31. The van der Waals surface area contributed by atoms with Crippen LogP contribution in [-0.4, -0.2) is 35.0 Å². The molecule has 0 spiro atoms. The molecule has 0 aromatic heterocycles. The van der Waals surface area contributed by atoms with Crippen LogP contribution >= 0.6 is 0 Å². The van der Waals surface area contributed by atoms with Gasteiger partial charge in [0.1, 0.15) is 0 Å². The highest BCUT2D eigenvalue weighted by molar-refractivity contribution is 6.06. The quantitative estimate of drug-likeness (QED) is 0.867. The van der Waals surface area contributed by atoms with E-state index in [1.807, 2.05) is 0 Å². The van der Waals surface area contributed by atoms with E-state index in [-0.39, 0.29) is 18.9 Å². The number of halogens is 3. The van der Waals surface area contributed by atoms with E-state index < -0.39 is 17.8 Å². The summed E-state index contributed by atoms with van der Waals surface area (Å²) in [5, 5.41) is 8.96. The maximum Gasteiger partial charge on any atom is 0.416 e. The lowest BCUT2D eigenvalue weighted by atomic mass is 9.94. The number of nitrogens with zero attached hydrogens (tertiary/aromatic N) is 1. The fourth-order valence-corrected chi connectivity index (χ4v) is 2.13. The van der Waals surface area contributed by atoms with Crippen molar-refractivity contribution < 1.29 is 27.9 Å². The van der Waals surface area contributed by atoms with Gasteiger partial charge >= 0.3 is 12.3 Å². The second kappa shape index (κ2) is 5.23. The molecule has 0 saturated carbocycles. The first-order chi connectivity index (χ1) is 9.70. The van der Waals surface area contributed by atoms with Crippen LogP contribution in [0.4, 0.5) is 18.0 Å². The molecule has 0 unspecified atom stereocenters. The Bertz CT molecular complexity index is 617. The van der Waals surface area contributed by atoms with E-state index in [1.165, 1.54) is 12.1 Å². The molecule has 1 amide bonds. The Morgan fingerprint density at radius 1 is 1.19 bits per heavy atom. The molecule has 1 heterocycles.